The van der Waals surface area contributed by atoms with Gasteiger partial charge in [-0.15, -0.1) is 16.8 Å². The Morgan fingerprint density at radius 3 is 2.46 bits per heavy atom. The summed E-state index contributed by atoms with van der Waals surface area (Å²) in [7, 11) is 0. The molecule has 6 heteroatoms. The summed E-state index contributed by atoms with van der Waals surface area (Å²) in [6.45, 7) is 10.5. The van der Waals surface area contributed by atoms with E-state index in [2.05, 4.69) is 36.7 Å². The van der Waals surface area contributed by atoms with Gasteiger partial charge in [-0.2, -0.15) is 0 Å². The molecule has 146 valence electrons. The number of hydrogen-bond donors (Lipinski definition) is 0. The van der Waals surface area contributed by atoms with E-state index in [0.29, 0.717) is 12.3 Å². The second-order valence-corrected chi connectivity index (χ2v) is 7.68. The fourth-order valence-corrected chi connectivity index (χ4v) is 3.91. The van der Waals surface area contributed by atoms with E-state index in [4.69, 9.17) is 4.74 Å². The Balaban J connectivity index is 1.77. The van der Waals surface area contributed by atoms with Crippen molar-refractivity contribution in [1.82, 2.24) is 14.8 Å². The fraction of sp³-hybridized carbons (Fsp3) is 0.273. The molecule has 1 heterocycles. The van der Waals surface area contributed by atoms with Gasteiger partial charge in [-0.1, -0.05) is 36.0 Å². The average molecular weight is 398 g/mol. The molecule has 0 saturated heterocycles. The highest BCUT2D eigenvalue weighted by molar-refractivity contribution is 7.98. The van der Waals surface area contributed by atoms with Crippen molar-refractivity contribution in [2.24, 2.45) is 0 Å². The second kappa shape index (κ2) is 9.06. The van der Waals surface area contributed by atoms with E-state index in [9.17, 15) is 4.39 Å². The summed E-state index contributed by atoms with van der Waals surface area (Å²) in [6, 6.07) is 12.6. The molecule has 3 rings (SSSR count). The van der Waals surface area contributed by atoms with Gasteiger partial charge in [0.15, 0.2) is 17.1 Å². The molecule has 1 aromatic heterocycles. The molecule has 0 spiro atoms. The van der Waals surface area contributed by atoms with Gasteiger partial charge < -0.3 is 4.74 Å². The molecule has 1 atom stereocenters. The Labute approximate surface area is 169 Å². The quantitative estimate of drug-likeness (QED) is 0.364. The lowest BCUT2D eigenvalue weighted by Crippen LogP contribution is -2.12. The number of ether oxygens (including phenoxy) is 1. The molecule has 2 aromatic carbocycles. The topological polar surface area (TPSA) is 39.9 Å². The van der Waals surface area contributed by atoms with E-state index >= 15 is 0 Å². The van der Waals surface area contributed by atoms with Crippen molar-refractivity contribution in [3.8, 4) is 5.75 Å². The lowest BCUT2D eigenvalue weighted by Gasteiger charge is -2.16. The third kappa shape index (κ3) is 5.01. The first kappa shape index (κ1) is 20.1. The summed E-state index contributed by atoms with van der Waals surface area (Å²) >= 11 is 1.56. The predicted molar refractivity (Wildman–Crippen MR) is 111 cm³/mol. The molecule has 1 unspecified atom stereocenters. The van der Waals surface area contributed by atoms with Gasteiger partial charge in [0, 0.05) is 12.3 Å². The maximum Gasteiger partial charge on any atom is 0.191 e. The molecule has 0 bridgehead atoms. The highest BCUT2D eigenvalue weighted by Gasteiger charge is 2.19. The number of allylic oxidation sites excluding steroid dienone is 1. The molecule has 0 saturated carbocycles. The van der Waals surface area contributed by atoms with Crippen LogP contribution >= 0.6 is 11.8 Å². The fourth-order valence-electron chi connectivity index (χ4n) is 2.99. The molecule has 0 fully saturated rings. The minimum atomic E-state index is -0.256. The average Bonchev–Trinajstić information content (AvgIpc) is 3.03. The van der Waals surface area contributed by atoms with Crippen LogP contribution in [0.3, 0.4) is 0 Å². The van der Waals surface area contributed by atoms with Crippen LogP contribution < -0.4 is 4.74 Å². The Morgan fingerprint density at radius 2 is 1.82 bits per heavy atom. The summed E-state index contributed by atoms with van der Waals surface area (Å²) in [5.74, 6) is 2.02. The normalized spacial score (nSPS) is 12.0. The molecule has 0 N–H and O–H groups in total. The zero-order valence-corrected chi connectivity index (χ0v) is 17.2. The second-order valence-electron chi connectivity index (χ2n) is 6.74. The molecule has 3 aromatic rings. The summed E-state index contributed by atoms with van der Waals surface area (Å²) in [6.07, 6.45) is 1.56. The van der Waals surface area contributed by atoms with Crippen LogP contribution in [-0.4, -0.2) is 14.8 Å². The van der Waals surface area contributed by atoms with Gasteiger partial charge in [-0.05, 0) is 61.7 Å². The number of nitrogens with zero attached hydrogens (tertiary/aromatic N) is 3. The molecule has 0 aliphatic carbocycles. The van der Waals surface area contributed by atoms with Gasteiger partial charge in [0.25, 0.3) is 0 Å². The number of halogens is 1. The minimum absolute atomic E-state index is 0.233. The molecular formula is C22H24FN3OS. The van der Waals surface area contributed by atoms with Gasteiger partial charge in [0.1, 0.15) is 11.6 Å². The lowest BCUT2D eigenvalue weighted by atomic mass is 10.1. The van der Waals surface area contributed by atoms with Gasteiger partial charge in [0.05, 0.1) is 0 Å². The van der Waals surface area contributed by atoms with E-state index in [0.717, 1.165) is 33.4 Å². The van der Waals surface area contributed by atoms with Crippen LogP contribution in [0.5, 0.6) is 5.75 Å². The third-order valence-corrected chi connectivity index (χ3v) is 5.25. The minimum Gasteiger partial charge on any atom is -0.483 e. The summed E-state index contributed by atoms with van der Waals surface area (Å²) in [5.41, 5.74) is 3.34. The first-order valence-corrected chi connectivity index (χ1v) is 10.1. The highest BCUT2D eigenvalue weighted by atomic mass is 32.2. The Bertz CT molecular complexity index is 933. The van der Waals surface area contributed by atoms with Crippen LogP contribution in [0.15, 0.2) is 60.3 Å². The first-order chi connectivity index (χ1) is 13.5. The van der Waals surface area contributed by atoms with Crippen molar-refractivity contribution in [2.45, 2.75) is 44.3 Å². The van der Waals surface area contributed by atoms with E-state index in [1.54, 1.807) is 23.9 Å². The van der Waals surface area contributed by atoms with Crippen LogP contribution in [0.1, 0.15) is 35.5 Å². The molecule has 0 aliphatic heterocycles. The van der Waals surface area contributed by atoms with Crippen molar-refractivity contribution >= 4 is 11.8 Å². The number of benzene rings is 2. The van der Waals surface area contributed by atoms with Crippen molar-refractivity contribution in [2.75, 3.05) is 0 Å². The van der Waals surface area contributed by atoms with Crippen molar-refractivity contribution in [3.63, 3.8) is 0 Å². The van der Waals surface area contributed by atoms with E-state index in [-0.39, 0.29) is 11.9 Å². The summed E-state index contributed by atoms with van der Waals surface area (Å²) < 4.78 is 21.2. The number of thioether (sulfide) groups is 1. The van der Waals surface area contributed by atoms with Crippen LogP contribution in [-0.2, 0) is 12.3 Å². The van der Waals surface area contributed by atoms with Crippen molar-refractivity contribution < 1.29 is 9.13 Å². The molecule has 0 radical (unpaired) electrons. The first-order valence-electron chi connectivity index (χ1n) is 9.12. The molecule has 4 nitrogen and oxygen atoms in total. The molecule has 0 aliphatic rings. The predicted octanol–water partition coefficient (Wildman–Crippen LogP) is 5.65. The lowest BCUT2D eigenvalue weighted by molar-refractivity contribution is 0.210. The smallest absolute Gasteiger partial charge is 0.191 e. The van der Waals surface area contributed by atoms with Gasteiger partial charge in [-0.3, -0.25) is 4.57 Å². The molecule has 28 heavy (non-hydrogen) atoms. The summed E-state index contributed by atoms with van der Waals surface area (Å²) in [4.78, 5) is 0. The molecular weight excluding hydrogens is 373 g/mol. The van der Waals surface area contributed by atoms with Crippen LogP contribution in [0.2, 0.25) is 0 Å². The van der Waals surface area contributed by atoms with Gasteiger partial charge in [0.2, 0.25) is 0 Å². The summed E-state index contributed by atoms with van der Waals surface area (Å²) in [5, 5.41) is 9.49. The zero-order chi connectivity index (χ0) is 20.1. The Morgan fingerprint density at radius 1 is 1.14 bits per heavy atom. The number of rotatable bonds is 8. The largest absolute Gasteiger partial charge is 0.483 e. The third-order valence-electron chi connectivity index (χ3n) is 4.21. The van der Waals surface area contributed by atoms with Crippen molar-refractivity contribution in [3.05, 3.63) is 83.5 Å². The number of hydrogen-bond acceptors (Lipinski definition) is 4. The van der Waals surface area contributed by atoms with E-state index in [1.807, 2.05) is 29.7 Å². The van der Waals surface area contributed by atoms with Crippen LogP contribution in [0, 0.1) is 19.7 Å². The number of aromatic nitrogens is 3. The Hall–Kier alpha value is -2.60. The van der Waals surface area contributed by atoms with Crippen LogP contribution in [0.4, 0.5) is 4.39 Å². The van der Waals surface area contributed by atoms with E-state index in [1.165, 1.54) is 12.1 Å². The van der Waals surface area contributed by atoms with Crippen molar-refractivity contribution in [1.29, 1.82) is 0 Å². The maximum absolute atomic E-state index is 13.1. The monoisotopic (exact) mass is 397 g/mol. The van der Waals surface area contributed by atoms with Gasteiger partial charge in [-0.25, -0.2) is 4.39 Å². The number of aryl methyl sites for hydroxylation is 2. The standard InChI is InChI=1S/C22H24FN3OS/c1-5-10-26-21(17(4)27-20-12-15(2)11-16(3)13-20)24-25-22(26)28-14-18-6-8-19(23)9-7-18/h5-9,11-13,17H,1,10,14H2,2-4H3. The maximum atomic E-state index is 13.1. The van der Waals surface area contributed by atoms with Crippen LogP contribution in [0.25, 0.3) is 0 Å². The zero-order valence-electron chi connectivity index (χ0n) is 16.4. The van der Waals surface area contributed by atoms with E-state index < -0.39 is 0 Å². The Kier molecular flexibility index (Phi) is 6.52. The SMILES string of the molecule is C=CCn1c(SCc2ccc(F)cc2)nnc1C(C)Oc1cc(C)cc(C)c1. The van der Waals surface area contributed by atoms with Gasteiger partial charge >= 0.3 is 0 Å². The molecule has 0 amide bonds. The highest BCUT2D eigenvalue weighted by Crippen LogP contribution is 2.27.